The van der Waals surface area contributed by atoms with E-state index in [-0.39, 0.29) is 17.2 Å². The van der Waals surface area contributed by atoms with E-state index in [0.717, 1.165) is 0 Å². The monoisotopic (exact) mass is 263 g/mol. The van der Waals surface area contributed by atoms with Crippen LogP contribution in [0.5, 0.6) is 0 Å². The summed E-state index contributed by atoms with van der Waals surface area (Å²) in [6.07, 6.45) is 0. The molecule has 0 aliphatic heterocycles. The van der Waals surface area contributed by atoms with E-state index in [4.69, 9.17) is 5.73 Å². The number of thioether (sulfide) groups is 1. The fourth-order valence-electron chi connectivity index (χ4n) is 1.03. The van der Waals surface area contributed by atoms with Crippen LogP contribution in [0.2, 0.25) is 0 Å². The fourth-order valence-corrected chi connectivity index (χ4v) is 3.25. The van der Waals surface area contributed by atoms with Crippen LogP contribution in [-0.2, 0) is 9.84 Å². The van der Waals surface area contributed by atoms with Gasteiger partial charge in [-0.25, -0.2) is 12.8 Å². The van der Waals surface area contributed by atoms with Crippen molar-refractivity contribution in [3.05, 3.63) is 24.0 Å². The van der Waals surface area contributed by atoms with Gasteiger partial charge in [-0.2, -0.15) is 0 Å². The zero-order valence-electron chi connectivity index (χ0n) is 8.94. The van der Waals surface area contributed by atoms with Gasteiger partial charge in [0.2, 0.25) is 0 Å². The van der Waals surface area contributed by atoms with Gasteiger partial charge in [-0.3, -0.25) is 0 Å². The molecule has 0 aromatic heterocycles. The summed E-state index contributed by atoms with van der Waals surface area (Å²) in [5.74, 6) is 0.215. The summed E-state index contributed by atoms with van der Waals surface area (Å²) >= 11 is 1.31. The average Bonchev–Trinajstić information content (AvgIpc) is 2.23. The predicted octanol–water partition coefficient (Wildman–Crippen LogP) is 1.93. The first-order valence-corrected chi connectivity index (χ1v) is 7.63. The van der Waals surface area contributed by atoms with Gasteiger partial charge in [-0.05, 0) is 18.2 Å². The molecular weight excluding hydrogens is 249 g/mol. The van der Waals surface area contributed by atoms with E-state index in [2.05, 4.69) is 0 Å². The average molecular weight is 263 g/mol. The molecule has 0 saturated heterocycles. The van der Waals surface area contributed by atoms with Gasteiger partial charge in [0.15, 0.2) is 9.84 Å². The van der Waals surface area contributed by atoms with Crippen molar-refractivity contribution in [1.82, 2.24) is 0 Å². The van der Waals surface area contributed by atoms with Gasteiger partial charge in [0.1, 0.15) is 5.82 Å². The number of benzene rings is 1. The Bertz CT molecular complexity index is 460. The van der Waals surface area contributed by atoms with E-state index in [1.54, 1.807) is 13.0 Å². The van der Waals surface area contributed by atoms with Crippen LogP contribution in [0.1, 0.15) is 6.92 Å². The number of rotatable bonds is 5. The van der Waals surface area contributed by atoms with Gasteiger partial charge in [-0.1, -0.05) is 6.92 Å². The highest BCUT2D eigenvalue weighted by Gasteiger charge is 2.07. The van der Waals surface area contributed by atoms with Crippen molar-refractivity contribution >= 4 is 27.3 Å². The smallest absolute Gasteiger partial charge is 0.150 e. The van der Waals surface area contributed by atoms with Crippen molar-refractivity contribution in [3.63, 3.8) is 0 Å². The molecule has 1 rings (SSSR count). The first-order chi connectivity index (χ1) is 7.44. The molecule has 0 atom stereocenters. The van der Waals surface area contributed by atoms with E-state index in [1.807, 2.05) is 0 Å². The Kier molecular flexibility index (Phi) is 4.61. The molecule has 0 saturated carbocycles. The van der Waals surface area contributed by atoms with Crippen LogP contribution in [0, 0.1) is 5.82 Å². The predicted molar refractivity (Wildman–Crippen MR) is 65.9 cm³/mol. The van der Waals surface area contributed by atoms with Gasteiger partial charge < -0.3 is 5.73 Å². The van der Waals surface area contributed by atoms with E-state index in [0.29, 0.717) is 10.6 Å². The minimum Gasteiger partial charge on any atom is -0.396 e. The van der Waals surface area contributed by atoms with Gasteiger partial charge in [0.25, 0.3) is 0 Å². The number of sulfone groups is 1. The summed E-state index contributed by atoms with van der Waals surface area (Å²) in [6, 6.07) is 4.48. The zero-order valence-corrected chi connectivity index (χ0v) is 10.6. The molecule has 0 fully saturated rings. The van der Waals surface area contributed by atoms with Gasteiger partial charge in [0, 0.05) is 16.4 Å². The standard InChI is InChI=1S/C10H14FNO2S2/c1-2-16(13,14)6-5-15-8-3-4-10(12)9(11)7-8/h3-4,7H,2,5-6,12H2,1H3. The van der Waals surface area contributed by atoms with Gasteiger partial charge >= 0.3 is 0 Å². The minimum absolute atomic E-state index is 0.102. The third kappa shape index (κ3) is 4.02. The number of hydrogen-bond acceptors (Lipinski definition) is 4. The molecule has 0 heterocycles. The molecule has 6 heteroatoms. The quantitative estimate of drug-likeness (QED) is 0.651. The van der Waals surface area contributed by atoms with Crippen molar-refractivity contribution in [2.24, 2.45) is 0 Å². The lowest BCUT2D eigenvalue weighted by Crippen LogP contribution is -2.10. The van der Waals surface area contributed by atoms with E-state index < -0.39 is 15.7 Å². The second-order valence-electron chi connectivity index (χ2n) is 3.27. The molecule has 0 radical (unpaired) electrons. The lowest BCUT2D eigenvalue weighted by atomic mass is 10.3. The molecule has 3 nitrogen and oxygen atoms in total. The molecule has 0 aliphatic rings. The van der Waals surface area contributed by atoms with Crippen LogP contribution in [0.25, 0.3) is 0 Å². The van der Waals surface area contributed by atoms with E-state index in [1.165, 1.54) is 23.9 Å². The van der Waals surface area contributed by atoms with Crippen LogP contribution >= 0.6 is 11.8 Å². The number of nitrogens with two attached hydrogens (primary N) is 1. The molecule has 0 unspecified atom stereocenters. The topological polar surface area (TPSA) is 60.2 Å². The third-order valence-electron chi connectivity index (χ3n) is 2.07. The Labute approximate surface area is 99.1 Å². The molecule has 1 aromatic carbocycles. The summed E-state index contributed by atoms with van der Waals surface area (Å²) in [5, 5.41) is 0. The first kappa shape index (κ1) is 13.3. The molecule has 1 aromatic rings. The first-order valence-electron chi connectivity index (χ1n) is 4.83. The molecule has 0 spiro atoms. The molecule has 16 heavy (non-hydrogen) atoms. The van der Waals surface area contributed by atoms with Crippen molar-refractivity contribution in [2.75, 3.05) is 23.0 Å². The second kappa shape index (κ2) is 5.54. The largest absolute Gasteiger partial charge is 0.396 e. The molecule has 0 amide bonds. The van der Waals surface area contributed by atoms with Gasteiger partial charge in [-0.15, -0.1) is 11.8 Å². The maximum atomic E-state index is 13.1. The highest BCUT2D eigenvalue weighted by molar-refractivity contribution is 8.00. The Morgan fingerprint density at radius 1 is 1.44 bits per heavy atom. The number of hydrogen-bond donors (Lipinski definition) is 1. The maximum Gasteiger partial charge on any atom is 0.150 e. The van der Waals surface area contributed by atoms with E-state index >= 15 is 0 Å². The summed E-state index contributed by atoms with van der Waals surface area (Å²) in [7, 11) is -2.95. The minimum atomic E-state index is -2.95. The SMILES string of the molecule is CCS(=O)(=O)CCSc1ccc(N)c(F)c1. The Morgan fingerprint density at radius 3 is 2.69 bits per heavy atom. The maximum absolute atomic E-state index is 13.1. The highest BCUT2D eigenvalue weighted by atomic mass is 32.2. The van der Waals surface area contributed by atoms with Crippen LogP contribution in [-0.4, -0.2) is 25.7 Å². The van der Waals surface area contributed by atoms with Crippen LogP contribution in [0.4, 0.5) is 10.1 Å². The molecule has 2 N–H and O–H groups in total. The highest BCUT2D eigenvalue weighted by Crippen LogP contribution is 2.22. The zero-order chi connectivity index (χ0) is 12.2. The number of halogens is 1. The van der Waals surface area contributed by atoms with Crippen LogP contribution in [0.15, 0.2) is 23.1 Å². The van der Waals surface area contributed by atoms with Crippen molar-refractivity contribution in [1.29, 1.82) is 0 Å². The summed E-state index contributed by atoms with van der Waals surface area (Å²) in [6.45, 7) is 1.61. The summed E-state index contributed by atoms with van der Waals surface area (Å²) in [5.41, 5.74) is 5.43. The number of anilines is 1. The van der Waals surface area contributed by atoms with Crippen LogP contribution < -0.4 is 5.73 Å². The second-order valence-corrected chi connectivity index (χ2v) is 6.91. The Hall–Kier alpha value is -0.750. The molecule has 90 valence electrons. The Morgan fingerprint density at radius 2 is 2.12 bits per heavy atom. The third-order valence-corrected chi connectivity index (χ3v) is 5.03. The molecule has 0 bridgehead atoms. The van der Waals surface area contributed by atoms with Crippen molar-refractivity contribution < 1.29 is 12.8 Å². The normalized spacial score (nSPS) is 11.6. The van der Waals surface area contributed by atoms with E-state index in [9.17, 15) is 12.8 Å². The Balaban J connectivity index is 2.53. The lowest BCUT2D eigenvalue weighted by Gasteiger charge is -2.03. The molecule has 0 aliphatic carbocycles. The summed E-state index contributed by atoms with van der Waals surface area (Å²) < 4.78 is 35.5. The lowest BCUT2D eigenvalue weighted by molar-refractivity contribution is 0.599. The summed E-state index contributed by atoms with van der Waals surface area (Å²) in [4.78, 5) is 0.693. The van der Waals surface area contributed by atoms with Crippen molar-refractivity contribution in [3.8, 4) is 0 Å². The molecular formula is C10H14FNO2S2. The van der Waals surface area contributed by atoms with Crippen molar-refractivity contribution in [2.45, 2.75) is 11.8 Å². The van der Waals surface area contributed by atoms with Crippen LogP contribution in [0.3, 0.4) is 0 Å². The fraction of sp³-hybridized carbons (Fsp3) is 0.400. The van der Waals surface area contributed by atoms with Gasteiger partial charge in [0.05, 0.1) is 11.4 Å². The number of nitrogen functional groups attached to an aromatic ring is 1.